The molecule has 3 aliphatic rings. The lowest BCUT2D eigenvalue weighted by Crippen LogP contribution is -2.14. The van der Waals surface area contributed by atoms with Crippen molar-refractivity contribution < 1.29 is 9.90 Å². The summed E-state index contributed by atoms with van der Waals surface area (Å²) in [4.78, 5) is 40.8. The molecular formula is C33H22N6O2. The van der Waals surface area contributed by atoms with Crippen LogP contribution in [0.2, 0.25) is 0 Å². The summed E-state index contributed by atoms with van der Waals surface area (Å²) >= 11 is 0. The van der Waals surface area contributed by atoms with E-state index in [1.807, 2.05) is 12.1 Å². The number of carbonyl (C=O) groups is 1. The molecule has 0 aliphatic heterocycles. The van der Waals surface area contributed by atoms with Crippen molar-refractivity contribution in [3.63, 3.8) is 0 Å². The maximum absolute atomic E-state index is 11.6. The Morgan fingerprint density at radius 3 is 1.68 bits per heavy atom. The molecule has 0 saturated carbocycles. The van der Waals surface area contributed by atoms with Crippen LogP contribution in [0.25, 0.3) is 56.2 Å². The highest BCUT2D eigenvalue weighted by Gasteiger charge is 2.28. The Kier molecular flexibility index (Phi) is 4.54. The Balaban J connectivity index is 1.22. The van der Waals surface area contributed by atoms with E-state index in [1.165, 1.54) is 22.3 Å². The summed E-state index contributed by atoms with van der Waals surface area (Å²) in [5.41, 5.74) is 13.2. The van der Waals surface area contributed by atoms with Gasteiger partial charge < -0.3 is 5.11 Å². The fourth-order valence-electron chi connectivity index (χ4n) is 6.64. The molecule has 196 valence electrons. The molecule has 0 radical (unpaired) electrons. The van der Waals surface area contributed by atoms with Gasteiger partial charge in [-0.05, 0) is 108 Å². The highest BCUT2D eigenvalue weighted by atomic mass is 16.4. The van der Waals surface area contributed by atoms with E-state index in [9.17, 15) is 9.90 Å². The van der Waals surface area contributed by atoms with Gasteiger partial charge in [-0.3, -0.25) is 0 Å². The topological polar surface area (TPSA) is 115 Å². The van der Waals surface area contributed by atoms with Gasteiger partial charge in [-0.25, -0.2) is 34.7 Å². The predicted molar refractivity (Wildman–Crippen MR) is 154 cm³/mol. The van der Waals surface area contributed by atoms with Crippen LogP contribution in [-0.4, -0.2) is 41.0 Å². The highest BCUT2D eigenvalue weighted by molar-refractivity contribution is 5.89. The van der Waals surface area contributed by atoms with E-state index in [0.29, 0.717) is 11.3 Å². The smallest absolute Gasteiger partial charge is 0.354 e. The van der Waals surface area contributed by atoms with E-state index >= 15 is 0 Å². The molecule has 0 saturated heterocycles. The van der Waals surface area contributed by atoms with Crippen molar-refractivity contribution in [3.05, 3.63) is 93.8 Å². The van der Waals surface area contributed by atoms with E-state index < -0.39 is 5.97 Å². The van der Waals surface area contributed by atoms with Crippen molar-refractivity contribution in [3.8, 4) is 34.2 Å². The minimum Gasteiger partial charge on any atom is -0.477 e. The minimum absolute atomic E-state index is 0.0247. The van der Waals surface area contributed by atoms with Gasteiger partial charge in [0, 0.05) is 17.0 Å². The van der Waals surface area contributed by atoms with Crippen molar-refractivity contribution in [1.29, 1.82) is 0 Å². The zero-order valence-electron chi connectivity index (χ0n) is 22.0. The lowest BCUT2D eigenvalue weighted by molar-refractivity contribution is 0.0690. The third-order valence-corrected chi connectivity index (χ3v) is 8.67. The molecule has 41 heavy (non-hydrogen) atoms. The quantitative estimate of drug-likeness (QED) is 0.300. The van der Waals surface area contributed by atoms with Crippen LogP contribution in [0.5, 0.6) is 0 Å². The molecule has 0 spiro atoms. The van der Waals surface area contributed by atoms with E-state index in [0.717, 1.165) is 94.5 Å². The van der Waals surface area contributed by atoms with Gasteiger partial charge in [0.15, 0.2) is 11.3 Å². The maximum Gasteiger partial charge on any atom is 0.354 e. The number of aromatic carboxylic acids is 1. The molecule has 3 aliphatic carbocycles. The van der Waals surface area contributed by atoms with Crippen LogP contribution in [0.15, 0.2) is 54.7 Å². The zero-order valence-corrected chi connectivity index (χ0v) is 22.0. The minimum atomic E-state index is -1.04. The Morgan fingerprint density at radius 1 is 0.537 bits per heavy atom. The maximum atomic E-state index is 11.6. The number of carboxylic acid groups (broad SMARTS) is 1. The molecule has 6 aromatic rings. The molecule has 9 rings (SSSR count). The van der Waals surface area contributed by atoms with Crippen LogP contribution < -0.4 is 0 Å². The molecular weight excluding hydrogens is 512 g/mol. The summed E-state index contributed by atoms with van der Waals surface area (Å²) in [6.07, 6.45) is 7.12. The normalized spacial score (nSPS) is 14.4. The molecule has 0 bridgehead atoms. The molecule has 1 N–H and O–H groups in total. The summed E-state index contributed by atoms with van der Waals surface area (Å²) in [7, 11) is 0. The van der Waals surface area contributed by atoms with Crippen molar-refractivity contribution in [2.75, 3.05) is 0 Å². The summed E-state index contributed by atoms with van der Waals surface area (Å²) < 4.78 is 0. The number of hydrogen-bond acceptors (Lipinski definition) is 7. The molecule has 0 aromatic carbocycles. The van der Waals surface area contributed by atoms with Gasteiger partial charge in [-0.15, -0.1) is 0 Å². The summed E-state index contributed by atoms with van der Waals surface area (Å²) in [5.74, 6) is -1.04. The monoisotopic (exact) mass is 534 g/mol. The second-order valence-corrected chi connectivity index (χ2v) is 11.1. The number of pyridine rings is 6. The number of aryl methyl sites for hydroxylation is 6. The van der Waals surface area contributed by atoms with Gasteiger partial charge >= 0.3 is 5.97 Å². The summed E-state index contributed by atoms with van der Waals surface area (Å²) in [6, 6.07) is 16.3. The first-order valence-corrected chi connectivity index (χ1v) is 13.9. The van der Waals surface area contributed by atoms with E-state index in [4.69, 9.17) is 19.9 Å². The van der Waals surface area contributed by atoms with Crippen LogP contribution in [0.1, 0.15) is 43.9 Å². The fraction of sp³-hybridized carbons (Fsp3) is 0.182. The Hall–Kier alpha value is -5.11. The van der Waals surface area contributed by atoms with Crippen LogP contribution in [-0.2, 0) is 38.5 Å². The van der Waals surface area contributed by atoms with E-state index in [-0.39, 0.29) is 5.69 Å². The van der Waals surface area contributed by atoms with Gasteiger partial charge in [0.1, 0.15) is 5.69 Å². The molecule has 8 nitrogen and oxygen atoms in total. The van der Waals surface area contributed by atoms with Crippen molar-refractivity contribution in [2.45, 2.75) is 38.5 Å². The van der Waals surface area contributed by atoms with Gasteiger partial charge in [0.05, 0.1) is 34.2 Å². The lowest BCUT2D eigenvalue weighted by atomic mass is 9.86. The van der Waals surface area contributed by atoms with Crippen molar-refractivity contribution in [2.24, 2.45) is 0 Å². The Bertz CT molecular complexity index is 2160. The van der Waals surface area contributed by atoms with Gasteiger partial charge in [-0.1, -0.05) is 12.1 Å². The van der Waals surface area contributed by atoms with Crippen LogP contribution in [0, 0.1) is 0 Å². The lowest BCUT2D eigenvalue weighted by Gasteiger charge is -2.25. The first-order chi connectivity index (χ1) is 20.1. The van der Waals surface area contributed by atoms with Crippen molar-refractivity contribution >= 4 is 28.0 Å². The van der Waals surface area contributed by atoms with Crippen molar-refractivity contribution in [1.82, 2.24) is 29.9 Å². The molecule has 8 heteroatoms. The SMILES string of the molecule is O=C(O)c1ccc2c(n1)-c1nc3nc4c(cc3cc1CC2)CCc1cc2c(nc1-4)-c1nc3ncccc3cc1CC2. The Labute approximate surface area is 234 Å². The summed E-state index contributed by atoms with van der Waals surface area (Å²) in [6.45, 7) is 0. The number of fused-ring (bicyclic) bond motifs is 11. The molecule has 0 amide bonds. The standard InChI is InChI=1S/C33H22N6O2/c40-33(41)24-10-9-16-3-4-20-14-23-15-21-8-6-18-12-17-5-7-19-13-22-2-1-11-34-31(22)37-29(19)26(17)36-27(18)30(21)39-32(23)38-28(20)25(16)35-24/h1-2,9-15H,3-8H2,(H,40,41). The second kappa shape index (κ2) is 8.20. The van der Waals surface area contributed by atoms with Gasteiger partial charge in [-0.2, -0.15) is 0 Å². The fourth-order valence-corrected chi connectivity index (χ4v) is 6.64. The first-order valence-electron chi connectivity index (χ1n) is 13.9. The zero-order chi connectivity index (χ0) is 27.2. The predicted octanol–water partition coefficient (Wildman–Crippen LogP) is 5.36. The largest absolute Gasteiger partial charge is 0.477 e. The Morgan fingerprint density at radius 2 is 1.05 bits per heavy atom. The van der Waals surface area contributed by atoms with E-state index in [1.54, 1.807) is 12.3 Å². The average Bonchev–Trinajstić information content (AvgIpc) is 3.00. The highest BCUT2D eigenvalue weighted by Crippen LogP contribution is 2.40. The molecule has 6 heterocycles. The summed E-state index contributed by atoms with van der Waals surface area (Å²) in [5, 5.41) is 11.6. The number of hydrogen-bond donors (Lipinski definition) is 1. The third-order valence-electron chi connectivity index (χ3n) is 8.67. The third kappa shape index (κ3) is 3.37. The first kappa shape index (κ1) is 22.7. The number of rotatable bonds is 1. The van der Waals surface area contributed by atoms with Gasteiger partial charge in [0.25, 0.3) is 0 Å². The molecule has 6 aromatic heterocycles. The molecule has 0 unspecified atom stereocenters. The number of aromatic nitrogens is 6. The van der Waals surface area contributed by atoms with E-state index in [2.05, 4.69) is 40.3 Å². The van der Waals surface area contributed by atoms with Gasteiger partial charge in [0.2, 0.25) is 0 Å². The average molecular weight is 535 g/mol. The number of nitrogens with zero attached hydrogens (tertiary/aromatic N) is 6. The molecule has 0 atom stereocenters. The van der Waals surface area contributed by atoms with Crippen LogP contribution >= 0.6 is 0 Å². The number of carboxylic acids is 1. The second-order valence-electron chi connectivity index (χ2n) is 11.1. The van der Waals surface area contributed by atoms with Crippen LogP contribution in [0.3, 0.4) is 0 Å². The van der Waals surface area contributed by atoms with Crippen LogP contribution in [0.4, 0.5) is 0 Å². The molecule has 0 fully saturated rings.